The molecule has 4 heteroatoms. The lowest BCUT2D eigenvalue weighted by molar-refractivity contribution is -0.116. The van der Waals surface area contributed by atoms with E-state index in [0.29, 0.717) is 30.9 Å². The van der Waals surface area contributed by atoms with Gasteiger partial charge in [-0.05, 0) is 43.2 Å². The van der Waals surface area contributed by atoms with Crippen LogP contribution >= 0.6 is 0 Å². The number of aryl methyl sites for hydroxylation is 1. The number of carbonyl (C=O) groups excluding carboxylic acids is 1. The number of rotatable bonds is 7. The third-order valence-electron chi connectivity index (χ3n) is 3.26. The summed E-state index contributed by atoms with van der Waals surface area (Å²) in [6, 6.07) is 15.2. The molecular weight excluding hydrogens is 278 g/mol. The Hall–Kier alpha value is -2.49. The van der Waals surface area contributed by atoms with Gasteiger partial charge in [-0.2, -0.15) is 0 Å². The minimum atomic E-state index is -0.0250. The lowest BCUT2D eigenvalue weighted by Gasteiger charge is -2.11. The molecule has 0 aromatic heterocycles. The SMILES string of the molecule is CCOc1ccccc1NC(=O)CCc1ccc(OC)cc1. The second-order valence-corrected chi connectivity index (χ2v) is 4.83. The van der Waals surface area contributed by atoms with Gasteiger partial charge in [0, 0.05) is 6.42 Å². The first-order chi connectivity index (χ1) is 10.7. The van der Waals surface area contributed by atoms with E-state index in [-0.39, 0.29) is 5.91 Å². The van der Waals surface area contributed by atoms with Crippen LogP contribution in [0.15, 0.2) is 48.5 Å². The van der Waals surface area contributed by atoms with Crippen LogP contribution in [-0.4, -0.2) is 19.6 Å². The van der Waals surface area contributed by atoms with Gasteiger partial charge in [-0.3, -0.25) is 4.79 Å². The molecule has 0 heterocycles. The molecule has 1 N–H and O–H groups in total. The van der Waals surface area contributed by atoms with E-state index in [1.165, 1.54) is 0 Å². The molecule has 22 heavy (non-hydrogen) atoms. The highest BCUT2D eigenvalue weighted by atomic mass is 16.5. The first kappa shape index (κ1) is 15.9. The number of hydrogen-bond acceptors (Lipinski definition) is 3. The molecule has 0 saturated heterocycles. The maximum Gasteiger partial charge on any atom is 0.224 e. The summed E-state index contributed by atoms with van der Waals surface area (Å²) in [7, 11) is 1.64. The van der Waals surface area contributed by atoms with E-state index in [1.54, 1.807) is 7.11 Å². The number of nitrogens with one attached hydrogen (secondary N) is 1. The second-order valence-electron chi connectivity index (χ2n) is 4.83. The van der Waals surface area contributed by atoms with E-state index >= 15 is 0 Å². The Bertz CT molecular complexity index is 608. The molecule has 0 spiro atoms. The average Bonchev–Trinajstić information content (AvgIpc) is 2.55. The van der Waals surface area contributed by atoms with Crippen LogP contribution in [0.25, 0.3) is 0 Å². The van der Waals surface area contributed by atoms with Crippen LogP contribution in [0.1, 0.15) is 18.9 Å². The number of amides is 1. The molecule has 1 amide bonds. The van der Waals surface area contributed by atoms with Crippen molar-refractivity contribution < 1.29 is 14.3 Å². The van der Waals surface area contributed by atoms with Crippen LogP contribution in [0.2, 0.25) is 0 Å². The molecule has 0 aliphatic carbocycles. The van der Waals surface area contributed by atoms with Crippen LogP contribution in [0.4, 0.5) is 5.69 Å². The van der Waals surface area contributed by atoms with Gasteiger partial charge < -0.3 is 14.8 Å². The number of benzene rings is 2. The van der Waals surface area contributed by atoms with Gasteiger partial charge in [-0.15, -0.1) is 0 Å². The third-order valence-corrected chi connectivity index (χ3v) is 3.26. The van der Waals surface area contributed by atoms with Crippen molar-refractivity contribution in [3.8, 4) is 11.5 Å². The summed E-state index contributed by atoms with van der Waals surface area (Å²) in [4.78, 5) is 12.1. The summed E-state index contributed by atoms with van der Waals surface area (Å²) in [6.07, 6.45) is 1.11. The van der Waals surface area contributed by atoms with Gasteiger partial charge in [0.2, 0.25) is 5.91 Å². The summed E-state index contributed by atoms with van der Waals surface area (Å²) in [5.41, 5.74) is 1.82. The van der Waals surface area contributed by atoms with Crippen molar-refractivity contribution in [2.24, 2.45) is 0 Å². The molecular formula is C18H21NO3. The molecule has 2 aromatic carbocycles. The van der Waals surface area contributed by atoms with Crippen molar-refractivity contribution in [3.05, 3.63) is 54.1 Å². The maximum atomic E-state index is 12.1. The monoisotopic (exact) mass is 299 g/mol. The van der Waals surface area contributed by atoms with Gasteiger partial charge in [-0.1, -0.05) is 24.3 Å². The molecule has 0 radical (unpaired) electrons. The number of ether oxygens (including phenoxy) is 2. The van der Waals surface area contributed by atoms with E-state index in [0.717, 1.165) is 11.3 Å². The fraction of sp³-hybridized carbons (Fsp3) is 0.278. The summed E-state index contributed by atoms with van der Waals surface area (Å²) in [5, 5.41) is 2.90. The fourth-order valence-corrected chi connectivity index (χ4v) is 2.11. The molecule has 2 rings (SSSR count). The van der Waals surface area contributed by atoms with Crippen LogP contribution in [0.5, 0.6) is 11.5 Å². The Labute approximate surface area is 131 Å². The van der Waals surface area contributed by atoms with Crippen LogP contribution in [-0.2, 0) is 11.2 Å². The van der Waals surface area contributed by atoms with Gasteiger partial charge in [0.15, 0.2) is 0 Å². The lowest BCUT2D eigenvalue weighted by Crippen LogP contribution is -2.13. The van der Waals surface area contributed by atoms with Gasteiger partial charge in [-0.25, -0.2) is 0 Å². The quantitative estimate of drug-likeness (QED) is 0.848. The number of anilines is 1. The number of methoxy groups -OCH3 is 1. The standard InChI is InChI=1S/C18H21NO3/c1-3-22-17-7-5-4-6-16(17)19-18(20)13-10-14-8-11-15(21-2)12-9-14/h4-9,11-12H,3,10,13H2,1-2H3,(H,19,20). The minimum absolute atomic E-state index is 0.0250. The highest BCUT2D eigenvalue weighted by molar-refractivity contribution is 5.92. The third kappa shape index (κ3) is 4.52. The topological polar surface area (TPSA) is 47.6 Å². The molecule has 0 aliphatic heterocycles. The summed E-state index contributed by atoms with van der Waals surface area (Å²) in [5.74, 6) is 1.49. The van der Waals surface area contributed by atoms with Crippen molar-refractivity contribution >= 4 is 11.6 Å². The zero-order valence-corrected chi connectivity index (χ0v) is 13.0. The van der Waals surface area contributed by atoms with E-state index in [2.05, 4.69) is 5.32 Å². The maximum absolute atomic E-state index is 12.1. The Morgan fingerprint density at radius 3 is 2.50 bits per heavy atom. The molecule has 0 aliphatic rings. The van der Waals surface area contributed by atoms with Crippen LogP contribution < -0.4 is 14.8 Å². The van der Waals surface area contributed by atoms with Gasteiger partial charge in [0.05, 0.1) is 19.4 Å². The van der Waals surface area contributed by atoms with Crippen LogP contribution in [0.3, 0.4) is 0 Å². The summed E-state index contributed by atoms with van der Waals surface area (Å²) in [6.45, 7) is 2.49. The van der Waals surface area contributed by atoms with Gasteiger partial charge >= 0.3 is 0 Å². The molecule has 0 saturated carbocycles. The number of hydrogen-bond donors (Lipinski definition) is 1. The Morgan fingerprint density at radius 1 is 1.09 bits per heavy atom. The molecule has 0 atom stereocenters. The largest absolute Gasteiger partial charge is 0.497 e. The predicted molar refractivity (Wildman–Crippen MR) is 87.6 cm³/mol. The lowest BCUT2D eigenvalue weighted by atomic mass is 10.1. The average molecular weight is 299 g/mol. The van der Waals surface area contributed by atoms with E-state index < -0.39 is 0 Å². The first-order valence-electron chi connectivity index (χ1n) is 7.37. The molecule has 0 bridgehead atoms. The van der Waals surface area contributed by atoms with Crippen molar-refractivity contribution in [1.29, 1.82) is 0 Å². The number of para-hydroxylation sites is 2. The van der Waals surface area contributed by atoms with Crippen molar-refractivity contribution in [3.63, 3.8) is 0 Å². The zero-order valence-electron chi connectivity index (χ0n) is 13.0. The molecule has 0 unspecified atom stereocenters. The molecule has 2 aromatic rings. The summed E-state index contributed by atoms with van der Waals surface area (Å²) >= 11 is 0. The Morgan fingerprint density at radius 2 is 1.82 bits per heavy atom. The second kappa shape index (κ2) is 8.08. The smallest absolute Gasteiger partial charge is 0.224 e. The highest BCUT2D eigenvalue weighted by Gasteiger charge is 2.07. The van der Waals surface area contributed by atoms with Gasteiger partial charge in [0.25, 0.3) is 0 Å². The number of carbonyl (C=O) groups is 1. The van der Waals surface area contributed by atoms with Gasteiger partial charge in [0.1, 0.15) is 11.5 Å². The molecule has 0 fully saturated rings. The van der Waals surface area contributed by atoms with E-state index in [9.17, 15) is 4.79 Å². The van der Waals surface area contributed by atoms with Crippen LogP contribution in [0, 0.1) is 0 Å². The normalized spacial score (nSPS) is 10.1. The Balaban J connectivity index is 1.90. The highest BCUT2D eigenvalue weighted by Crippen LogP contribution is 2.24. The summed E-state index contributed by atoms with van der Waals surface area (Å²) < 4.78 is 10.6. The van der Waals surface area contributed by atoms with E-state index in [1.807, 2.05) is 55.5 Å². The molecule has 4 nitrogen and oxygen atoms in total. The molecule has 116 valence electrons. The fourth-order valence-electron chi connectivity index (χ4n) is 2.11. The zero-order chi connectivity index (χ0) is 15.8. The van der Waals surface area contributed by atoms with Crippen molar-refractivity contribution in [2.45, 2.75) is 19.8 Å². The Kier molecular flexibility index (Phi) is 5.83. The van der Waals surface area contributed by atoms with E-state index in [4.69, 9.17) is 9.47 Å². The van der Waals surface area contributed by atoms with Crippen molar-refractivity contribution in [1.82, 2.24) is 0 Å². The first-order valence-corrected chi connectivity index (χ1v) is 7.37. The van der Waals surface area contributed by atoms with Crippen molar-refractivity contribution in [2.75, 3.05) is 19.0 Å². The predicted octanol–water partition coefficient (Wildman–Crippen LogP) is 3.67. The minimum Gasteiger partial charge on any atom is -0.497 e.